The number of benzene rings is 2. The summed E-state index contributed by atoms with van der Waals surface area (Å²) in [6.07, 6.45) is -2.17. The molecule has 2 aromatic carbocycles. The number of alkyl halides is 3. The SMILES string of the molecule is Cc1ccc(Cn2ccc3c(NC(=O)Cc4cccc(C(F)(F)F)c4F)cccc3c2=O)cn1. The van der Waals surface area contributed by atoms with E-state index in [0.29, 0.717) is 29.1 Å². The first kappa shape index (κ1) is 23.2. The van der Waals surface area contributed by atoms with Gasteiger partial charge in [-0.3, -0.25) is 14.6 Å². The van der Waals surface area contributed by atoms with Gasteiger partial charge in [-0.15, -0.1) is 0 Å². The summed E-state index contributed by atoms with van der Waals surface area (Å²) in [6.45, 7) is 2.18. The van der Waals surface area contributed by atoms with Gasteiger partial charge in [0.25, 0.3) is 5.56 Å². The number of nitrogens with zero attached hydrogens (tertiary/aromatic N) is 2. The maximum atomic E-state index is 14.3. The molecule has 0 aliphatic heterocycles. The summed E-state index contributed by atoms with van der Waals surface area (Å²) in [7, 11) is 0. The molecule has 1 amide bonds. The summed E-state index contributed by atoms with van der Waals surface area (Å²) in [6, 6.07) is 13.0. The van der Waals surface area contributed by atoms with Gasteiger partial charge in [-0.2, -0.15) is 13.2 Å². The fraction of sp³-hybridized carbons (Fsp3) is 0.160. The fourth-order valence-electron chi connectivity index (χ4n) is 3.64. The standard InChI is InChI=1S/C25H19F4N3O2/c1-15-8-9-16(13-30-15)14-32-11-10-18-19(24(32)34)5-3-7-21(18)31-22(33)12-17-4-2-6-20(23(17)26)25(27,28)29/h2-11,13H,12,14H2,1H3,(H,31,33). The van der Waals surface area contributed by atoms with E-state index in [1.165, 1.54) is 4.57 Å². The number of pyridine rings is 2. The molecule has 4 rings (SSSR count). The summed E-state index contributed by atoms with van der Waals surface area (Å²) >= 11 is 0. The molecule has 2 heterocycles. The fourth-order valence-corrected chi connectivity index (χ4v) is 3.64. The number of amides is 1. The number of hydrogen-bond donors (Lipinski definition) is 1. The van der Waals surface area contributed by atoms with Crippen molar-refractivity contribution in [1.82, 2.24) is 9.55 Å². The maximum Gasteiger partial charge on any atom is 0.419 e. The lowest BCUT2D eigenvalue weighted by atomic mass is 10.1. The summed E-state index contributed by atoms with van der Waals surface area (Å²) < 4.78 is 54.6. The van der Waals surface area contributed by atoms with Crippen molar-refractivity contribution < 1.29 is 22.4 Å². The maximum absolute atomic E-state index is 14.3. The van der Waals surface area contributed by atoms with E-state index in [0.717, 1.165) is 23.4 Å². The van der Waals surface area contributed by atoms with Gasteiger partial charge >= 0.3 is 6.18 Å². The van der Waals surface area contributed by atoms with Gasteiger partial charge in [-0.05, 0) is 48.4 Å². The summed E-state index contributed by atoms with van der Waals surface area (Å²) in [5, 5.41) is 3.39. The predicted molar refractivity (Wildman–Crippen MR) is 120 cm³/mol. The number of anilines is 1. The second-order valence-electron chi connectivity index (χ2n) is 7.82. The summed E-state index contributed by atoms with van der Waals surface area (Å²) in [5.74, 6) is -2.18. The molecule has 9 heteroatoms. The molecule has 4 aromatic rings. The first-order valence-electron chi connectivity index (χ1n) is 10.3. The van der Waals surface area contributed by atoms with Gasteiger partial charge in [0.15, 0.2) is 0 Å². The van der Waals surface area contributed by atoms with E-state index in [1.807, 2.05) is 19.1 Å². The molecule has 0 bridgehead atoms. The van der Waals surface area contributed by atoms with Crippen LogP contribution in [0.5, 0.6) is 0 Å². The average molecular weight is 469 g/mol. The van der Waals surface area contributed by atoms with Gasteiger partial charge in [-0.25, -0.2) is 4.39 Å². The molecule has 0 unspecified atom stereocenters. The molecule has 0 saturated carbocycles. The van der Waals surface area contributed by atoms with Crippen LogP contribution in [0.4, 0.5) is 23.2 Å². The smallest absolute Gasteiger partial charge is 0.325 e. The summed E-state index contributed by atoms with van der Waals surface area (Å²) in [5.41, 5.74) is -0.0669. The zero-order valence-corrected chi connectivity index (χ0v) is 18.0. The zero-order chi connectivity index (χ0) is 24.5. The van der Waals surface area contributed by atoms with E-state index < -0.39 is 29.9 Å². The number of aryl methyl sites for hydroxylation is 1. The lowest BCUT2D eigenvalue weighted by Crippen LogP contribution is -2.21. The van der Waals surface area contributed by atoms with Crippen LogP contribution in [-0.4, -0.2) is 15.5 Å². The molecule has 1 N–H and O–H groups in total. The van der Waals surface area contributed by atoms with E-state index >= 15 is 0 Å². The van der Waals surface area contributed by atoms with Crippen molar-refractivity contribution in [3.8, 4) is 0 Å². The van der Waals surface area contributed by atoms with Crippen LogP contribution in [0.15, 0.2) is 71.8 Å². The Bertz CT molecular complexity index is 1430. The molecular weight excluding hydrogens is 450 g/mol. The highest BCUT2D eigenvalue weighted by Gasteiger charge is 2.34. The number of aromatic nitrogens is 2. The topological polar surface area (TPSA) is 64.0 Å². The van der Waals surface area contributed by atoms with Gasteiger partial charge in [0.05, 0.1) is 18.5 Å². The number of halogens is 4. The third-order valence-electron chi connectivity index (χ3n) is 5.35. The normalized spacial score (nSPS) is 11.6. The highest BCUT2D eigenvalue weighted by Crippen LogP contribution is 2.32. The third-order valence-corrected chi connectivity index (χ3v) is 5.35. The van der Waals surface area contributed by atoms with Crippen molar-refractivity contribution in [2.24, 2.45) is 0 Å². The van der Waals surface area contributed by atoms with Crippen molar-refractivity contribution >= 4 is 22.4 Å². The Kier molecular flexibility index (Phi) is 6.19. The van der Waals surface area contributed by atoms with E-state index in [-0.39, 0.29) is 11.1 Å². The van der Waals surface area contributed by atoms with E-state index in [1.54, 1.807) is 36.7 Å². The van der Waals surface area contributed by atoms with E-state index in [2.05, 4.69) is 10.3 Å². The van der Waals surface area contributed by atoms with Gasteiger partial charge < -0.3 is 9.88 Å². The Morgan fingerprint density at radius 1 is 1.03 bits per heavy atom. The third kappa shape index (κ3) is 4.83. The molecule has 0 saturated heterocycles. The van der Waals surface area contributed by atoms with Crippen LogP contribution >= 0.6 is 0 Å². The van der Waals surface area contributed by atoms with Crippen molar-refractivity contribution in [3.63, 3.8) is 0 Å². The van der Waals surface area contributed by atoms with Gasteiger partial charge in [0.1, 0.15) is 5.82 Å². The first-order chi connectivity index (χ1) is 16.1. The number of carbonyl (C=O) groups is 1. The minimum Gasteiger partial charge on any atom is -0.325 e. The number of rotatable bonds is 5. The largest absolute Gasteiger partial charge is 0.419 e. The van der Waals surface area contributed by atoms with Crippen LogP contribution in [0.3, 0.4) is 0 Å². The highest BCUT2D eigenvalue weighted by molar-refractivity contribution is 6.02. The molecule has 174 valence electrons. The minimum absolute atomic E-state index is 0.280. The molecule has 34 heavy (non-hydrogen) atoms. The van der Waals surface area contributed by atoms with Crippen molar-refractivity contribution in [2.45, 2.75) is 26.1 Å². The lowest BCUT2D eigenvalue weighted by Gasteiger charge is -2.13. The van der Waals surface area contributed by atoms with Crippen LogP contribution in [0.25, 0.3) is 10.8 Å². The van der Waals surface area contributed by atoms with Crippen LogP contribution < -0.4 is 10.9 Å². The monoisotopic (exact) mass is 469 g/mol. The number of fused-ring (bicyclic) bond motifs is 1. The molecule has 2 aromatic heterocycles. The van der Waals surface area contributed by atoms with Crippen molar-refractivity contribution in [3.05, 3.63) is 106 Å². The molecule has 5 nitrogen and oxygen atoms in total. The van der Waals surface area contributed by atoms with Crippen LogP contribution in [0.2, 0.25) is 0 Å². The average Bonchev–Trinajstić information content (AvgIpc) is 2.78. The Labute approximate surface area is 191 Å². The van der Waals surface area contributed by atoms with E-state index in [9.17, 15) is 27.2 Å². The van der Waals surface area contributed by atoms with Gasteiger partial charge in [0.2, 0.25) is 5.91 Å². The zero-order valence-electron chi connectivity index (χ0n) is 18.0. The van der Waals surface area contributed by atoms with Crippen LogP contribution in [0.1, 0.15) is 22.4 Å². The Morgan fingerprint density at radius 3 is 2.50 bits per heavy atom. The number of carbonyl (C=O) groups excluding carboxylic acids is 1. The van der Waals surface area contributed by atoms with E-state index in [4.69, 9.17) is 0 Å². The molecule has 0 spiro atoms. The van der Waals surface area contributed by atoms with Crippen LogP contribution in [0, 0.1) is 12.7 Å². The number of hydrogen-bond acceptors (Lipinski definition) is 3. The van der Waals surface area contributed by atoms with Crippen molar-refractivity contribution in [2.75, 3.05) is 5.32 Å². The molecular formula is C25H19F4N3O2. The predicted octanol–water partition coefficient (Wildman–Crippen LogP) is 5.09. The Morgan fingerprint density at radius 2 is 1.79 bits per heavy atom. The first-order valence-corrected chi connectivity index (χ1v) is 10.3. The quantitative estimate of drug-likeness (QED) is 0.414. The van der Waals surface area contributed by atoms with Gasteiger partial charge in [0, 0.05) is 34.5 Å². The molecule has 0 radical (unpaired) electrons. The molecule has 0 fully saturated rings. The molecule has 0 aliphatic rings. The Balaban J connectivity index is 1.58. The Hall–Kier alpha value is -4.01. The molecule has 0 aliphatic carbocycles. The second-order valence-corrected chi connectivity index (χ2v) is 7.82. The number of nitrogens with one attached hydrogen (secondary N) is 1. The molecule has 0 atom stereocenters. The summed E-state index contributed by atoms with van der Waals surface area (Å²) in [4.78, 5) is 29.7. The second kappa shape index (κ2) is 9.09. The van der Waals surface area contributed by atoms with Gasteiger partial charge in [-0.1, -0.05) is 24.3 Å². The van der Waals surface area contributed by atoms with Crippen molar-refractivity contribution in [1.29, 1.82) is 0 Å². The lowest BCUT2D eigenvalue weighted by molar-refractivity contribution is -0.140. The van der Waals surface area contributed by atoms with Crippen LogP contribution in [-0.2, 0) is 23.9 Å². The highest BCUT2D eigenvalue weighted by atomic mass is 19.4. The minimum atomic E-state index is -4.86.